The van der Waals surface area contributed by atoms with Gasteiger partial charge in [0.2, 0.25) is 0 Å². The Labute approximate surface area is 336 Å². The summed E-state index contributed by atoms with van der Waals surface area (Å²) >= 11 is 9.91. The Hall–Kier alpha value is -5.08. The Bertz CT molecular complexity index is 2630. The van der Waals surface area contributed by atoms with Gasteiger partial charge in [-0.3, -0.25) is 0 Å². The lowest BCUT2D eigenvalue weighted by Crippen LogP contribution is -2.12. The summed E-state index contributed by atoms with van der Waals surface area (Å²) in [5, 5.41) is 36.9. The van der Waals surface area contributed by atoms with Crippen LogP contribution in [-0.4, -0.2) is 12.4 Å². The number of hydrogen-bond donors (Lipinski definition) is 0. The zero-order valence-corrected chi connectivity index (χ0v) is 32.7. The standard InChI is InChI=1S/C38H14F6N4S7/c39-37(40,41)21(17-47)19(15-45)23-1-3-25(49-23)27-5-7-29(51-27)31-9-11-33(53-31)35-13-14-36(55-35)34-12-10-32(54-34)30-8-6-28(52-30)26-4-2-24(50-26)20(16-46)22(18-48)38(42,43)44/h1-14H/b21-19+,22-20+. The smallest absolute Gasteiger partial charge is 0.192 e. The molecule has 7 aromatic heterocycles. The second-order valence-corrected chi connectivity index (χ2v) is 18.7. The average molecular weight is 865 g/mol. The van der Waals surface area contributed by atoms with Crippen molar-refractivity contribution in [3.8, 4) is 82.8 Å². The second kappa shape index (κ2) is 15.2. The lowest BCUT2D eigenvalue weighted by Gasteiger charge is -2.05. The molecule has 0 amide bonds. The van der Waals surface area contributed by atoms with E-state index in [0.717, 1.165) is 83.6 Å². The van der Waals surface area contributed by atoms with Gasteiger partial charge in [0, 0.05) is 68.3 Å². The zero-order chi connectivity index (χ0) is 39.1. The molecule has 0 radical (unpaired) electrons. The molecule has 7 heterocycles. The summed E-state index contributed by atoms with van der Waals surface area (Å²) in [5.41, 5.74) is -4.41. The molecule has 0 N–H and O–H groups in total. The van der Waals surface area contributed by atoms with Crippen LogP contribution in [0.15, 0.2) is 96.1 Å². The maximum atomic E-state index is 13.3. The van der Waals surface area contributed by atoms with Crippen molar-refractivity contribution in [2.45, 2.75) is 12.4 Å². The van der Waals surface area contributed by atoms with E-state index in [2.05, 4.69) is 12.1 Å². The molecule has 0 fully saturated rings. The van der Waals surface area contributed by atoms with E-state index < -0.39 is 34.6 Å². The van der Waals surface area contributed by atoms with Gasteiger partial charge in [0.15, 0.2) is 11.1 Å². The molecule has 0 saturated carbocycles. The fraction of sp³-hybridized carbons (Fsp3) is 0.0526. The van der Waals surface area contributed by atoms with E-state index in [1.807, 2.05) is 48.5 Å². The van der Waals surface area contributed by atoms with Gasteiger partial charge in [0.25, 0.3) is 0 Å². The Morgan fingerprint density at radius 3 is 0.709 bits per heavy atom. The summed E-state index contributed by atoms with van der Waals surface area (Å²) in [5.74, 6) is 0. The first kappa shape index (κ1) is 38.2. The first-order valence-electron chi connectivity index (χ1n) is 15.3. The SMILES string of the molecule is N#C/C(=C(/C#N)C(F)(F)F)c1ccc(-c2ccc(-c3ccc(-c4ccc(-c5ccc(-c6ccc(-c7ccc(/C(C#N)=C(\C#N)C(F)(F)F)s7)s6)s5)s4)s3)s2)s1. The van der Waals surface area contributed by atoms with Crippen molar-refractivity contribution in [1.82, 2.24) is 0 Å². The fourth-order valence-corrected chi connectivity index (χ4v) is 12.8. The van der Waals surface area contributed by atoms with E-state index in [1.54, 1.807) is 58.3 Å². The molecule has 7 aromatic rings. The van der Waals surface area contributed by atoms with Crippen molar-refractivity contribution < 1.29 is 26.3 Å². The Morgan fingerprint density at radius 1 is 0.327 bits per heavy atom. The third-order valence-corrected chi connectivity index (χ3v) is 16.5. The predicted molar refractivity (Wildman–Crippen MR) is 213 cm³/mol. The number of halogens is 6. The Morgan fingerprint density at radius 2 is 0.527 bits per heavy atom. The number of rotatable bonds is 8. The highest BCUT2D eigenvalue weighted by molar-refractivity contribution is 7.31. The molecule has 0 aliphatic carbocycles. The number of allylic oxidation sites excluding steroid dienone is 4. The molecule has 7 rings (SSSR count). The minimum absolute atomic E-state index is 0.0782. The lowest BCUT2D eigenvalue weighted by atomic mass is 10.1. The summed E-state index contributed by atoms with van der Waals surface area (Å²) in [4.78, 5) is 11.5. The van der Waals surface area contributed by atoms with E-state index in [0.29, 0.717) is 9.75 Å². The quantitative estimate of drug-likeness (QED) is 0.112. The normalized spacial score (nSPS) is 12.7. The monoisotopic (exact) mass is 864 g/mol. The number of nitrogens with zero attached hydrogens (tertiary/aromatic N) is 4. The highest BCUT2D eigenvalue weighted by Gasteiger charge is 2.38. The summed E-state index contributed by atoms with van der Waals surface area (Å²) in [7, 11) is 0. The van der Waals surface area contributed by atoms with Crippen LogP contribution >= 0.6 is 79.4 Å². The van der Waals surface area contributed by atoms with Gasteiger partial charge in [-0.15, -0.1) is 79.4 Å². The van der Waals surface area contributed by atoms with Crippen molar-refractivity contribution in [2.75, 3.05) is 0 Å². The molecule has 0 spiro atoms. The average Bonchev–Trinajstić information content (AvgIpc) is 4.00. The number of alkyl halides is 6. The minimum atomic E-state index is -4.93. The highest BCUT2D eigenvalue weighted by Crippen LogP contribution is 2.48. The number of nitriles is 4. The zero-order valence-electron chi connectivity index (χ0n) is 27.0. The lowest BCUT2D eigenvalue weighted by molar-refractivity contribution is -0.0876. The molecule has 55 heavy (non-hydrogen) atoms. The number of thiophene rings is 7. The number of hydrogen-bond acceptors (Lipinski definition) is 11. The molecular formula is C38H14F6N4S7. The van der Waals surface area contributed by atoms with Crippen LogP contribution in [0.4, 0.5) is 26.3 Å². The van der Waals surface area contributed by atoms with Crippen LogP contribution in [0.5, 0.6) is 0 Å². The topological polar surface area (TPSA) is 95.2 Å². The van der Waals surface area contributed by atoms with E-state index in [4.69, 9.17) is 10.5 Å². The summed E-state index contributed by atoms with van der Waals surface area (Å²) < 4.78 is 79.8. The van der Waals surface area contributed by atoms with Crippen LogP contribution in [0.3, 0.4) is 0 Å². The van der Waals surface area contributed by atoms with Crippen molar-refractivity contribution in [3.63, 3.8) is 0 Å². The van der Waals surface area contributed by atoms with Crippen LogP contribution in [-0.2, 0) is 0 Å². The Balaban J connectivity index is 1.06. The van der Waals surface area contributed by atoms with Gasteiger partial charge >= 0.3 is 12.4 Å². The van der Waals surface area contributed by atoms with Gasteiger partial charge < -0.3 is 0 Å². The fourth-order valence-electron chi connectivity index (χ4n) is 5.21. The molecule has 17 heteroatoms. The first-order chi connectivity index (χ1) is 26.3. The van der Waals surface area contributed by atoms with Gasteiger partial charge in [-0.05, 0) is 84.9 Å². The van der Waals surface area contributed by atoms with E-state index in [-0.39, 0.29) is 9.75 Å². The van der Waals surface area contributed by atoms with Gasteiger partial charge in [0.1, 0.15) is 24.3 Å². The van der Waals surface area contributed by atoms with Gasteiger partial charge in [-0.25, -0.2) is 0 Å². The maximum absolute atomic E-state index is 13.3. The van der Waals surface area contributed by atoms with Crippen LogP contribution < -0.4 is 0 Å². The molecule has 0 aliphatic heterocycles. The van der Waals surface area contributed by atoms with Gasteiger partial charge in [-0.1, -0.05) is 0 Å². The van der Waals surface area contributed by atoms with E-state index >= 15 is 0 Å². The molecule has 0 aliphatic rings. The molecule has 0 saturated heterocycles. The van der Waals surface area contributed by atoms with E-state index in [1.165, 1.54) is 34.8 Å². The van der Waals surface area contributed by atoms with Crippen LogP contribution in [0, 0.1) is 45.3 Å². The third kappa shape index (κ3) is 7.75. The maximum Gasteiger partial charge on any atom is 0.427 e. The van der Waals surface area contributed by atoms with Crippen molar-refractivity contribution in [2.24, 2.45) is 0 Å². The predicted octanol–water partition coefficient (Wildman–Crippen LogP) is 14.8. The summed E-state index contributed by atoms with van der Waals surface area (Å²) in [6, 6.07) is 31.5. The molecular weight excluding hydrogens is 851 g/mol. The Kier molecular flexibility index (Phi) is 10.6. The minimum Gasteiger partial charge on any atom is -0.192 e. The van der Waals surface area contributed by atoms with Crippen LogP contribution in [0.2, 0.25) is 0 Å². The van der Waals surface area contributed by atoms with Gasteiger partial charge in [0.05, 0.1) is 11.1 Å². The van der Waals surface area contributed by atoms with Crippen molar-refractivity contribution in [1.29, 1.82) is 21.0 Å². The third-order valence-electron chi connectivity index (χ3n) is 7.71. The van der Waals surface area contributed by atoms with Crippen LogP contribution in [0.1, 0.15) is 9.75 Å². The first-order valence-corrected chi connectivity index (χ1v) is 21.0. The van der Waals surface area contributed by atoms with Crippen LogP contribution in [0.25, 0.3) is 69.7 Å². The molecule has 270 valence electrons. The van der Waals surface area contributed by atoms with Crippen molar-refractivity contribution in [3.05, 3.63) is 106 Å². The second-order valence-electron chi connectivity index (χ2n) is 11.1. The largest absolute Gasteiger partial charge is 0.427 e. The van der Waals surface area contributed by atoms with Gasteiger partial charge in [-0.2, -0.15) is 47.4 Å². The molecule has 4 nitrogen and oxygen atoms in total. The molecule has 0 bridgehead atoms. The molecule has 0 atom stereocenters. The molecule has 0 aromatic carbocycles. The van der Waals surface area contributed by atoms with E-state index in [9.17, 15) is 36.9 Å². The summed E-state index contributed by atoms with van der Waals surface area (Å²) in [6.07, 6.45) is -9.85. The highest BCUT2D eigenvalue weighted by atomic mass is 32.1. The molecule has 0 unspecified atom stereocenters. The van der Waals surface area contributed by atoms with Crippen molar-refractivity contribution >= 4 is 90.5 Å². The summed E-state index contributed by atoms with van der Waals surface area (Å²) in [6.45, 7) is 0.